The first kappa shape index (κ1) is 23.3. The van der Waals surface area contributed by atoms with Gasteiger partial charge in [-0.15, -0.1) is 13.2 Å². The number of aromatic carboxylic acids is 1. The van der Waals surface area contributed by atoms with Crippen LogP contribution in [0.25, 0.3) is 0 Å². The van der Waals surface area contributed by atoms with Crippen LogP contribution in [-0.2, 0) is 0 Å². The van der Waals surface area contributed by atoms with Crippen molar-refractivity contribution in [3.63, 3.8) is 0 Å². The molecule has 0 aliphatic carbocycles. The molecule has 2 rings (SSSR count). The summed E-state index contributed by atoms with van der Waals surface area (Å²) >= 11 is 5.77. The molecule has 0 bridgehead atoms. The first-order valence-electron chi connectivity index (χ1n) is 7.63. The highest BCUT2D eigenvalue weighted by molar-refractivity contribution is 6.32. The van der Waals surface area contributed by atoms with E-state index in [1.165, 1.54) is 0 Å². The molecule has 2 aromatic rings. The van der Waals surface area contributed by atoms with Gasteiger partial charge in [0.15, 0.2) is 11.5 Å². The summed E-state index contributed by atoms with van der Waals surface area (Å²) < 4.78 is 96.1. The molecule has 6 nitrogen and oxygen atoms in total. The number of hydrogen-bond donors (Lipinski definition) is 1. The number of halogens is 7. The second-order valence-electron chi connectivity index (χ2n) is 5.34. The maximum absolute atomic E-state index is 14.3. The van der Waals surface area contributed by atoms with Crippen molar-refractivity contribution in [1.82, 2.24) is 0 Å². The topological polar surface area (TPSA) is 74.2 Å². The molecule has 0 aromatic heterocycles. The molecule has 0 spiro atoms. The smallest absolute Gasteiger partial charge is 0.495 e. The lowest BCUT2D eigenvalue weighted by atomic mass is 10.1. The van der Waals surface area contributed by atoms with E-state index in [0.29, 0.717) is 12.1 Å². The van der Waals surface area contributed by atoms with Gasteiger partial charge in [0.25, 0.3) is 6.43 Å². The Hall–Kier alpha value is -3.02. The number of benzene rings is 2. The average Bonchev–Trinajstić information content (AvgIpc) is 2.61. The van der Waals surface area contributed by atoms with Gasteiger partial charge in [0.1, 0.15) is 17.1 Å². The predicted octanol–water partition coefficient (Wildman–Crippen LogP) is 5.82. The third-order valence-electron chi connectivity index (χ3n) is 3.54. The fraction of sp³-hybridized carbons (Fsp3) is 0.235. The van der Waals surface area contributed by atoms with Crippen LogP contribution >= 0.6 is 11.6 Å². The Bertz CT molecular complexity index is 963. The van der Waals surface area contributed by atoms with E-state index in [4.69, 9.17) is 21.1 Å². The van der Waals surface area contributed by atoms with Crippen molar-refractivity contribution in [3.8, 4) is 28.7 Å². The molecular weight excluding hydrogens is 450 g/mol. The number of hydrogen-bond acceptors (Lipinski definition) is 5. The Morgan fingerprint density at radius 1 is 1.07 bits per heavy atom. The average molecular weight is 461 g/mol. The molecule has 13 heteroatoms. The van der Waals surface area contributed by atoms with Crippen molar-refractivity contribution in [1.29, 1.82) is 0 Å². The molecule has 0 saturated carbocycles. The zero-order chi connectivity index (χ0) is 22.8. The molecule has 30 heavy (non-hydrogen) atoms. The third-order valence-corrected chi connectivity index (χ3v) is 3.86. The molecule has 2 aromatic carbocycles. The highest BCUT2D eigenvalue weighted by atomic mass is 35.5. The molecule has 0 unspecified atom stereocenters. The molecule has 0 aliphatic rings. The summed E-state index contributed by atoms with van der Waals surface area (Å²) in [5, 5.41) is 8.78. The summed E-state index contributed by atoms with van der Waals surface area (Å²) in [4.78, 5) is 11.6. The lowest BCUT2D eigenvalue weighted by Gasteiger charge is -2.18. The van der Waals surface area contributed by atoms with Crippen LogP contribution in [0.15, 0.2) is 18.2 Å². The van der Waals surface area contributed by atoms with Gasteiger partial charge in [-0.2, -0.15) is 4.39 Å². The van der Waals surface area contributed by atoms with Gasteiger partial charge in [0.2, 0.25) is 11.6 Å². The summed E-state index contributed by atoms with van der Waals surface area (Å²) in [7, 11) is 1.81. The molecule has 0 atom stereocenters. The van der Waals surface area contributed by atoms with Crippen LogP contribution < -0.4 is 18.9 Å². The van der Waals surface area contributed by atoms with Crippen LogP contribution in [-0.4, -0.2) is 31.7 Å². The first-order valence-corrected chi connectivity index (χ1v) is 8.00. The maximum Gasteiger partial charge on any atom is 0.573 e. The molecule has 0 saturated heterocycles. The molecule has 0 aliphatic heterocycles. The van der Waals surface area contributed by atoms with Crippen molar-refractivity contribution in [2.24, 2.45) is 0 Å². The quantitative estimate of drug-likeness (QED) is 0.525. The Morgan fingerprint density at radius 3 is 2.10 bits per heavy atom. The number of methoxy groups -OCH3 is 2. The van der Waals surface area contributed by atoms with E-state index in [1.807, 2.05) is 0 Å². The van der Waals surface area contributed by atoms with Gasteiger partial charge in [-0.3, -0.25) is 0 Å². The number of carbonyl (C=O) groups is 1. The molecule has 1 N–H and O–H groups in total. The predicted molar refractivity (Wildman–Crippen MR) is 89.6 cm³/mol. The van der Waals surface area contributed by atoms with Gasteiger partial charge in [-0.25, -0.2) is 13.6 Å². The Morgan fingerprint density at radius 2 is 1.63 bits per heavy atom. The fourth-order valence-corrected chi connectivity index (χ4v) is 2.70. The largest absolute Gasteiger partial charge is 0.573 e. The van der Waals surface area contributed by atoms with Crippen molar-refractivity contribution >= 4 is 17.6 Å². The third kappa shape index (κ3) is 4.75. The highest BCUT2D eigenvalue weighted by Gasteiger charge is 2.34. The van der Waals surface area contributed by atoms with Crippen LogP contribution in [0.3, 0.4) is 0 Å². The van der Waals surface area contributed by atoms with Gasteiger partial charge in [-0.1, -0.05) is 11.6 Å². The number of rotatable bonds is 7. The number of alkyl halides is 5. The molecule has 164 valence electrons. The number of carboxylic acids is 1. The molecule has 0 fully saturated rings. The summed E-state index contributed by atoms with van der Waals surface area (Å²) in [6.07, 6.45) is -8.40. The standard InChI is InChI=1S/C17H11ClF6O6/c1-27-13-8(4-3-7(12(13)19)30-17(22,23)24)29-9-5-6(18)10(15(20)21)14(28-2)11(9)16(25)26/h3-5,15H,1-2H3,(H,25,26). The second kappa shape index (κ2) is 8.78. The van der Waals surface area contributed by atoms with Crippen LogP contribution in [0, 0.1) is 5.82 Å². The lowest BCUT2D eigenvalue weighted by Crippen LogP contribution is -2.18. The first-order chi connectivity index (χ1) is 13.9. The van der Waals surface area contributed by atoms with Gasteiger partial charge in [0.05, 0.1) is 24.8 Å². The van der Waals surface area contributed by atoms with Gasteiger partial charge >= 0.3 is 12.3 Å². The molecule has 0 radical (unpaired) electrons. The fourth-order valence-electron chi connectivity index (χ4n) is 2.43. The van der Waals surface area contributed by atoms with E-state index in [2.05, 4.69) is 9.47 Å². The monoisotopic (exact) mass is 460 g/mol. The van der Waals surface area contributed by atoms with Gasteiger partial charge in [-0.05, 0) is 12.1 Å². The van der Waals surface area contributed by atoms with E-state index in [9.17, 15) is 36.2 Å². The van der Waals surface area contributed by atoms with Crippen molar-refractivity contribution in [2.75, 3.05) is 14.2 Å². The van der Waals surface area contributed by atoms with E-state index >= 15 is 0 Å². The van der Waals surface area contributed by atoms with E-state index in [0.717, 1.165) is 20.3 Å². The normalized spacial score (nSPS) is 11.4. The van der Waals surface area contributed by atoms with Crippen LogP contribution in [0.4, 0.5) is 26.3 Å². The van der Waals surface area contributed by atoms with Gasteiger partial charge in [0, 0.05) is 6.07 Å². The Balaban J connectivity index is 2.64. The number of carboxylic acid groups (broad SMARTS) is 1. The zero-order valence-corrected chi connectivity index (χ0v) is 15.7. The second-order valence-corrected chi connectivity index (χ2v) is 5.75. The summed E-state index contributed by atoms with van der Waals surface area (Å²) in [6.45, 7) is 0. The lowest BCUT2D eigenvalue weighted by molar-refractivity contribution is -0.275. The minimum Gasteiger partial charge on any atom is -0.495 e. The summed E-state index contributed by atoms with van der Waals surface area (Å²) in [5.74, 6) is -7.53. The highest BCUT2D eigenvalue weighted by Crippen LogP contribution is 2.46. The molecule has 0 heterocycles. The van der Waals surface area contributed by atoms with Gasteiger partial charge < -0.3 is 24.1 Å². The van der Waals surface area contributed by atoms with Crippen molar-refractivity contribution in [2.45, 2.75) is 12.8 Å². The van der Waals surface area contributed by atoms with E-state index in [1.54, 1.807) is 0 Å². The molecule has 0 amide bonds. The summed E-state index contributed by atoms with van der Waals surface area (Å²) in [6, 6.07) is 2.05. The zero-order valence-electron chi connectivity index (χ0n) is 14.9. The van der Waals surface area contributed by atoms with E-state index < -0.39 is 69.5 Å². The van der Waals surface area contributed by atoms with Crippen LogP contribution in [0.5, 0.6) is 28.7 Å². The minimum atomic E-state index is -5.20. The molecular formula is C17H11ClF6O6. The van der Waals surface area contributed by atoms with Crippen molar-refractivity contribution in [3.05, 3.63) is 40.2 Å². The SMILES string of the molecule is COc1c(Oc2cc(Cl)c(C(F)F)c(OC)c2C(=O)O)ccc(OC(F)(F)F)c1F. The minimum absolute atomic E-state index is 0.549. The van der Waals surface area contributed by atoms with Crippen molar-refractivity contribution < 1.29 is 55.2 Å². The van der Waals surface area contributed by atoms with E-state index in [-0.39, 0.29) is 0 Å². The van der Waals surface area contributed by atoms with Crippen LogP contribution in [0.1, 0.15) is 22.3 Å². The number of ether oxygens (including phenoxy) is 4. The van der Waals surface area contributed by atoms with Crippen LogP contribution in [0.2, 0.25) is 5.02 Å². The summed E-state index contributed by atoms with van der Waals surface area (Å²) in [5.41, 5.74) is -1.80. The Kier molecular flexibility index (Phi) is 6.80. The Labute approximate surface area is 169 Å². The maximum atomic E-state index is 14.3.